The molecule has 0 radical (unpaired) electrons. The Kier molecular flexibility index (Phi) is 4.92. The van der Waals surface area contributed by atoms with Crippen LogP contribution >= 0.6 is 27.5 Å². The number of halogens is 2. The van der Waals surface area contributed by atoms with E-state index in [1.54, 1.807) is 18.3 Å². The number of hydrogen-bond donors (Lipinski definition) is 5. The SMILES string of the molecule is CC1(CO)OC(C)(Oc2c[nH]c3ccc(Br)c(Cl)c23)[C@@](C)(O)[C@](C)(O)[C@@]1(C)O. The zero-order valence-electron chi connectivity index (χ0n) is 16.3. The van der Waals surface area contributed by atoms with Gasteiger partial charge in [0.25, 0.3) is 0 Å². The lowest BCUT2D eigenvalue weighted by Crippen LogP contribution is -2.85. The Labute approximate surface area is 176 Å². The molecule has 0 aliphatic carbocycles. The topological polar surface area (TPSA) is 115 Å². The van der Waals surface area contributed by atoms with Crippen LogP contribution in [-0.4, -0.2) is 60.2 Å². The van der Waals surface area contributed by atoms with Crippen LogP contribution in [0.1, 0.15) is 34.6 Å². The van der Waals surface area contributed by atoms with Gasteiger partial charge in [0.05, 0.1) is 22.5 Å². The number of aliphatic hydroxyl groups excluding tert-OH is 1. The molecule has 1 aliphatic heterocycles. The second-order valence-corrected chi connectivity index (χ2v) is 9.42. The highest BCUT2D eigenvalue weighted by Crippen LogP contribution is 2.54. The van der Waals surface area contributed by atoms with Crippen molar-refractivity contribution in [1.29, 1.82) is 0 Å². The van der Waals surface area contributed by atoms with Gasteiger partial charge in [-0.05, 0) is 55.8 Å². The van der Waals surface area contributed by atoms with Gasteiger partial charge in [0.15, 0.2) is 5.60 Å². The second kappa shape index (κ2) is 6.31. The van der Waals surface area contributed by atoms with Gasteiger partial charge in [-0.15, -0.1) is 0 Å². The molecule has 2 aromatic rings. The predicted octanol–water partition coefficient (Wildman–Crippen LogP) is 2.71. The van der Waals surface area contributed by atoms with Gasteiger partial charge < -0.3 is 34.9 Å². The molecule has 5 N–H and O–H groups in total. The lowest BCUT2D eigenvalue weighted by atomic mass is 9.61. The number of hydrogen-bond acceptors (Lipinski definition) is 6. The molecule has 7 nitrogen and oxygen atoms in total. The number of rotatable bonds is 3. The van der Waals surface area contributed by atoms with Crippen LogP contribution in [0.3, 0.4) is 0 Å². The van der Waals surface area contributed by atoms with E-state index in [0.717, 1.165) is 0 Å². The minimum Gasteiger partial charge on any atom is -0.457 e. The molecular weight excluding hydrogens is 454 g/mol. The third-order valence-electron chi connectivity index (χ3n) is 6.54. The highest BCUT2D eigenvalue weighted by atomic mass is 79.9. The molecule has 3 rings (SSSR count). The first-order valence-electron chi connectivity index (χ1n) is 8.77. The Bertz CT molecular complexity index is 927. The number of ether oxygens (including phenoxy) is 2. The number of aromatic nitrogens is 1. The van der Waals surface area contributed by atoms with E-state index in [4.69, 9.17) is 21.1 Å². The number of aromatic amines is 1. The minimum atomic E-state index is -2.11. The Balaban J connectivity index is 2.17. The number of nitrogens with one attached hydrogen (secondary N) is 1. The maximum atomic E-state index is 11.3. The summed E-state index contributed by atoms with van der Waals surface area (Å²) in [6, 6.07) is 3.59. The van der Waals surface area contributed by atoms with Crippen LogP contribution in [0.25, 0.3) is 10.9 Å². The molecule has 1 fully saturated rings. The number of aliphatic hydroxyl groups is 4. The lowest BCUT2D eigenvalue weighted by molar-refractivity contribution is -0.441. The number of fused-ring (bicyclic) bond motifs is 1. The van der Waals surface area contributed by atoms with Crippen LogP contribution in [0.2, 0.25) is 5.02 Å². The van der Waals surface area contributed by atoms with E-state index >= 15 is 0 Å². The summed E-state index contributed by atoms with van der Waals surface area (Å²) >= 11 is 9.78. The molecule has 1 aromatic heterocycles. The van der Waals surface area contributed by atoms with Crippen molar-refractivity contribution in [2.24, 2.45) is 0 Å². The molecule has 0 spiro atoms. The second-order valence-electron chi connectivity index (χ2n) is 8.19. The van der Waals surface area contributed by atoms with Crippen molar-refractivity contribution in [3.8, 4) is 5.75 Å². The molecular formula is C19H25BrClNO6. The van der Waals surface area contributed by atoms with Crippen molar-refractivity contribution in [1.82, 2.24) is 4.98 Å². The molecule has 28 heavy (non-hydrogen) atoms. The van der Waals surface area contributed by atoms with Gasteiger partial charge >= 0.3 is 0 Å². The first-order valence-corrected chi connectivity index (χ1v) is 9.94. The molecule has 0 saturated carbocycles. The Morgan fingerprint density at radius 3 is 2.25 bits per heavy atom. The fourth-order valence-corrected chi connectivity index (χ4v) is 4.37. The van der Waals surface area contributed by atoms with Crippen molar-refractivity contribution in [3.05, 3.63) is 27.8 Å². The smallest absolute Gasteiger partial charge is 0.240 e. The van der Waals surface area contributed by atoms with Crippen LogP contribution in [0.5, 0.6) is 5.75 Å². The van der Waals surface area contributed by atoms with Gasteiger partial charge in [0.2, 0.25) is 5.79 Å². The first-order chi connectivity index (χ1) is 12.7. The van der Waals surface area contributed by atoms with E-state index in [1.807, 2.05) is 0 Å². The number of H-pyrrole nitrogens is 1. The molecule has 9 heteroatoms. The van der Waals surface area contributed by atoms with Crippen LogP contribution in [0.4, 0.5) is 0 Å². The fourth-order valence-electron chi connectivity index (χ4n) is 3.78. The summed E-state index contributed by atoms with van der Waals surface area (Å²) in [6.07, 6.45) is 1.56. The Hall–Kier alpha value is -0.870. The standard InChI is InChI=1S/C19H25BrClNO6/c1-15(9-23)16(2,24)17(3,25)18(4,26)19(5,28-15)27-12-8-22-11-7-6-10(20)14(21)13(11)12/h6-8,22-26H,9H2,1-5H3/t15?,16-,17+,18-,19?/m0/s1. The predicted molar refractivity (Wildman–Crippen MR) is 108 cm³/mol. The first kappa shape index (κ1) is 21.8. The molecule has 0 amide bonds. The van der Waals surface area contributed by atoms with Gasteiger partial charge in [0.1, 0.15) is 22.6 Å². The van der Waals surface area contributed by atoms with Crippen molar-refractivity contribution in [3.63, 3.8) is 0 Å². The average Bonchev–Trinajstić information content (AvgIpc) is 2.99. The highest BCUT2D eigenvalue weighted by Gasteiger charge is 2.75. The summed E-state index contributed by atoms with van der Waals surface area (Å²) < 4.78 is 12.7. The van der Waals surface area contributed by atoms with E-state index in [-0.39, 0.29) is 5.75 Å². The average molecular weight is 479 g/mol. The van der Waals surface area contributed by atoms with Gasteiger partial charge in [0, 0.05) is 17.6 Å². The van der Waals surface area contributed by atoms with Gasteiger partial charge in [-0.2, -0.15) is 0 Å². The van der Waals surface area contributed by atoms with Crippen molar-refractivity contribution in [2.45, 2.75) is 62.8 Å². The van der Waals surface area contributed by atoms with Gasteiger partial charge in [-0.1, -0.05) is 11.6 Å². The monoisotopic (exact) mass is 477 g/mol. The molecule has 1 aromatic carbocycles. The molecule has 2 unspecified atom stereocenters. The normalized spacial score (nSPS) is 41.4. The summed E-state index contributed by atoms with van der Waals surface area (Å²) in [7, 11) is 0. The third kappa shape index (κ3) is 2.59. The Morgan fingerprint density at radius 2 is 1.68 bits per heavy atom. The minimum absolute atomic E-state index is 0.279. The molecule has 156 valence electrons. The quantitative estimate of drug-likeness (QED) is 0.463. The molecule has 2 heterocycles. The van der Waals surface area contributed by atoms with Crippen LogP contribution in [0.15, 0.2) is 22.8 Å². The van der Waals surface area contributed by atoms with E-state index in [0.29, 0.717) is 20.4 Å². The lowest BCUT2D eigenvalue weighted by Gasteiger charge is -2.64. The van der Waals surface area contributed by atoms with Crippen molar-refractivity contribution in [2.75, 3.05) is 6.61 Å². The fraction of sp³-hybridized carbons (Fsp3) is 0.579. The van der Waals surface area contributed by atoms with Gasteiger partial charge in [-0.25, -0.2) is 0 Å². The summed E-state index contributed by atoms with van der Waals surface area (Å²) in [5, 5.41) is 44.3. The number of benzene rings is 1. The van der Waals surface area contributed by atoms with E-state index in [1.165, 1.54) is 34.6 Å². The zero-order valence-corrected chi connectivity index (χ0v) is 18.6. The summed E-state index contributed by atoms with van der Waals surface area (Å²) in [6.45, 7) is 6.16. The summed E-state index contributed by atoms with van der Waals surface area (Å²) in [4.78, 5) is 3.03. The highest BCUT2D eigenvalue weighted by molar-refractivity contribution is 9.10. The molecule has 1 aliphatic rings. The zero-order chi connectivity index (χ0) is 21.3. The van der Waals surface area contributed by atoms with E-state index < -0.39 is 34.8 Å². The Morgan fingerprint density at radius 1 is 1.07 bits per heavy atom. The van der Waals surface area contributed by atoms with E-state index in [2.05, 4.69) is 20.9 Å². The van der Waals surface area contributed by atoms with Crippen LogP contribution in [-0.2, 0) is 4.74 Å². The molecule has 1 saturated heterocycles. The van der Waals surface area contributed by atoms with Crippen molar-refractivity contribution >= 4 is 38.4 Å². The third-order valence-corrected chi connectivity index (χ3v) is 7.82. The van der Waals surface area contributed by atoms with Crippen LogP contribution in [0, 0.1) is 0 Å². The molecule has 5 atom stereocenters. The summed E-state index contributed by atoms with van der Waals surface area (Å²) in [5.41, 5.74) is -7.13. The molecule has 0 bridgehead atoms. The largest absolute Gasteiger partial charge is 0.457 e. The maximum absolute atomic E-state index is 11.3. The van der Waals surface area contributed by atoms with Gasteiger partial charge in [-0.3, -0.25) is 0 Å². The summed E-state index contributed by atoms with van der Waals surface area (Å²) in [5.74, 6) is -1.57. The van der Waals surface area contributed by atoms with E-state index in [9.17, 15) is 20.4 Å². The van der Waals surface area contributed by atoms with Crippen LogP contribution < -0.4 is 4.74 Å². The maximum Gasteiger partial charge on any atom is 0.240 e. The van der Waals surface area contributed by atoms with Crippen molar-refractivity contribution < 1.29 is 29.9 Å².